The molecule has 0 bridgehead atoms. The van der Waals surface area contributed by atoms with E-state index in [0.717, 1.165) is 17.8 Å². The van der Waals surface area contributed by atoms with Crippen molar-refractivity contribution in [1.29, 1.82) is 0 Å². The number of ether oxygens (including phenoxy) is 1. The van der Waals surface area contributed by atoms with Gasteiger partial charge in [0.15, 0.2) is 6.61 Å². The number of nitrogens with two attached hydrogens (primary N) is 1. The highest BCUT2D eigenvalue weighted by molar-refractivity contribution is 7.89. The normalized spacial score (nSPS) is 14.8. The van der Waals surface area contributed by atoms with Crippen LogP contribution in [-0.4, -0.2) is 58.0 Å². The van der Waals surface area contributed by atoms with Gasteiger partial charge in [0.25, 0.3) is 15.9 Å². The maximum absolute atomic E-state index is 12.3. The van der Waals surface area contributed by atoms with Gasteiger partial charge in [-0.05, 0) is 30.3 Å². The van der Waals surface area contributed by atoms with Gasteiger partial charge in [0.2, 0.25) is 10.9 Å². The number of furan rings is 1. The molecule has 11 heteroatoms. The first kappa shape index (κ1) is 20.2. The lowest BCUT2D eigenvalue weighted by atomic mass is 10.2. The van der Waals surface area contributed by atoms with Crippen LogP contribution in [0.1, 0.15) is 10.6 Å². The first-order chi connectivity index (χ1) is 13.2. The molecule has 3 rings (SSSR count). The van der Waals surface area contributed by atoms with Gasteiger partial charge < -0.3 is 19.0 Å². The molecular weight excluding hydrogens is 410 g/mol. The van der Waals surface area contributed by atoms with Crippen LogP contribution in [-0.2, 0) is 19.6 Å². The first-order valence-corrected chi connectivity index (χ1v) is 10.2. The summed E-state index contributed by atoms with van der Waals surface area (Å²) >= 11 is 6.00. The number of amides is 1. The van der Waals surface area contributed by atoms with Gasteiger partial charge in [-0.2, -0.15) is 0 Å². The van der Waals surface area contributed by atoms with Crippen LogP contribution in [0.2, 0.25) is 5.02 Å². The number of esters is 1. The van der Waals surface area contributed by atoms with Crippen molar-refractivity contribution in [2.45, 2.75) is 5.09 Å². The molecule has 9 nitrogen and oxygen atoms in total. The second-order valence-electron chi connectivity index (χ2n) is 6.09. The predicted molar refractivity (Wildman–Crippen MR) is 101 cm³/mol. The van der Waals surface area contributed by atoms with Crippen molar-refractivity contribution in [3.8, 4) is 0 Å². The highest BCUT2D eigenvalue weighted by Crippen LogP contribution is 2.21. The number of hydrogen-bond acceptors (Lipinski definition) is 7. The molecule has 0 atom stereocenters. The average molecular weight is 428 g/mol. The fourth-order valence-corrected chi connectivity index (χ4v) is 3.41. The zero-order valence-electron chi connectivity index (χ0n) is 14.7. The second-order valence-corrected chi connectivity index (χ2v) is 8.02. The van der Waals surface area contributed by atoms with E-state index in [9.17, 15) is 18.0 Å². The number of hydrogen-bond donors (Lipinski definition) is 1. The Morgan fingerprint density at radius 1 is 1.14 bits per heavy atom. The van der Waals surface area contributed by atoms with E-state index < -0.39 is 27.7 Å². The third-order valence-electron chi connectivity index (χ3n) is 4.20. The van der Waals surface area contributed by atoms with E-state index in [-0.39, 0.29) is 11.7 Å². The van der Waals surface area contributed by atoms with Crippen LogP contribution in [0, 0.1) is 0 Å². The summed E-state index contributed by atoms with van der Waals surface area (Å²) in [5.74, 6) is -1.64. The average Bonchev–Trinajstić information content (AvgIpc) is 3.17. The van der Waals surface area contributed by atoms with E-state index in [1.54, 1.807) is 11.0 Å². The Balaban J connectivity index is 1.49. The molecule has 28 heavy (non-hydrogen) atoms. The predicted octanol–water partition coefficient (Wildman–Crippen LogP) is 1.09. The number of anilines is 1. The Bertz CT molecular complexity index is 982. The Hall–Kier alpha value is -2.56. The Morgan fingerprint density at radius 3 is 2.46 bits per heavy atom. The Kier molecular flexibility index (Phi) is 5.92. The quantitative estimate of drug-likeness (QED) is 0.708. The number of nitrogens with zero attached hydrogens (tertiary/aromatic N) is 2. The molecule has 0 radical (unpaired) electrons. The van der Waals surface area contributed by atoms with Crippen LogP contribution in [0.4, 0.5) is 5.69 Å². The van der Waals surface area contributed by atoms with Crippen molar-refractivity contribution in [3.63, 3.8) is 0 Å². The zero-order chi connectivity index (χ0) is 20.3. The van der Waals surface area contributed by atoms with E-state index in [1.165, 1.54) is 0 Å². The second kappa shape index (κ2) is 8.21. The van der Waals surface area contributed by atoms with Crippen LogP contribution in [0.5, 0.6) is 0 Å². The van der Waals surface area contributed by atoms with Crippen LogP contribution in [0.3, 0.4) is 0 Å². The fourth-order valence-electron chi connectivity index (χ4n) is 2.76. The van der Waals surface area contributed by atoms with Crippen molar-refractivity contribution >= 4 is 39.2 Å². The van der Waals surface area contributed by atoms with Gasteiger partial charge in [0, 0.05) is 36.9 Å². The van der Waals surface area contributed by atoms with E-state index >= 15 is 0 Å². The summed E-state index contributed by atoms with van der Waals surface area (Å²) in [5.41, 5.74) is 0.981. The SMILES string of the molecule is NS(=O)(=O)c1ccc(C(=O)OCC(=O)N2CCN(c3cccc(Cl)c3)CC2)o1. The van der Waals surface area contributed by atoms with Crippen LogP contribution >= 0.6 is 11.6 Å². The minimum atomic E-state index is -4.06. The summed E-state index contributed by atoms with van der Waals surface area (Å²) in [6.07, 6.45) is 0. The van der Waals surface area contributed by atoms with Gasteiger partial charge in [-0.3, -0.25) is 4.79 Å². The van der Waals surface area contributed by atoms with E-state index in [2.05, 4.69) is 4.90 Å². The maximum atomic E-state index is 12.3. The number of benzene rings is 1. The van der Waals surface area contributed by atoms with Gasteiger partial charge in [-0.15, -0.1) is 0 Å². The van der Waals surface area contributed by atoms with Crippen molar-refractivity contribution in [3.05, 3.63) is 47.2 Å². The molecule has 2 aromatic rings. The molecule has 1 aliphatic rings. The summed E-state index contributed by atoms with van der Waals surface area (Å²) in [6, 6.07) is 9.64. The lowest BCUT2D eigenvalue weighted by molar-refractivity contribution is -0.134. The third-order valence-corrected chi connectivity index (χ3v) is 5.21. The van der Waals surface area contributed by atoms with Gasteiger partial charge in [0.1, 0.15) is 0 Å². The first-order valence-electron chi connectivity index (χ1n) is 8.32. The van der Waals surface area contributed by atoms with E-state index in [4.69, 9.17) is 25.9 Å². The number of carbonyl (C=O) groups is 2. The van der Waals surface area contributed by atoms with Gasteiger partial charge in [0.05, 0.1) is 0 Å². The highest BCUT2D eigenvalue weighted by atomic mass is 35.5. The molecule has 1 aromatic heterocycles. The fraction of sp³-hybridized carbons (Fsp3) is 0.294. The number of piperazine rings is 1. The van der Waals surface area contributed by atoms with Crippen molar-refractivity contribution in [1.82, 2.24) is 4.90 Å². The summed E-state index contributed by atoms with van der Waals surface area (Å²) < 4.78 is 32.0. The van der Waals surface area contributed by atoms with Crippen molar-refractivity contribution < 1.29 is 27.2 Å². The molecule has 0 unspecified atom stereocenters. The summed E-state index contributed by atoms with van der Waals surface area (Å²) in [6.45, 7) is 1.71. The Labute approximate surface area is 166 Å². The highest BCUT2D eigenvalue weighted by Gasteiger charge is 2.24. The minimum Gasteiger partial charge on any atom is -0.450 e. The number of carbonyl (C=O) groups excluding carboxylic acids is 2. The Morgan fingerprint density at radius 2 is 1.86 bits per heavy atom. The molecule has 1 aliphatic heterocycles. The van der Waals surface area contributed by atoms with Crippen LogP contribution in [0.25, 0.3) is 0 Å². The lowest BCUT2D eigenvalue weighted by Gasteiger charge is -2.36. The van der Waals surface area contributed by atoms with E-state index in [0.29, 0.717) is 31.2 Å². The minimum absolute atomic E-state index is 0.345. The van der Waals surface area contributed by atoms with Crippen LogP contribution in [0.15, 0.2) is 45.9 Å². The van der Waals surface area contributed by atoms with Crippen molar-refractivity contribution in [2.24, 2.45) is 5.14 Å². The molecule has 1 fully saturated rings. The molecule has 1 aromatic carbocycles. The number of sulfonamides is 1. The third kappa shape index (κ3) is 4.83. The summed E-state index contributed by atoms with van der Waals surface area (Å²) in [4.78, 5) is 27.9. The molecule has 2 N–H and O–H groups in total. The largest absolute Gasteiger partial charge is 0.450 e. The lowest BCUT2D eigenvalue weighted by Crippen LogP contribution is -2.49. The molecule has 0 saturated carbocycles. The molecule has 0 aliphatic carbocycles. The number of rotatable bonds is 5. The van der Waals surface area contributed by atoms with E-state index in [1.807, 2.05) is 18.2 Å². The van der Waals surface area contributed by atoms with Gasteiger partial charge >= 0.3 is 5.97 Å². The van der Waals surface area contributed by atoms with Gasteiger partial charge in [-0.25, -0.2) is 18.4 Å². The standard InChI is InChI=1S/C17H18ClN3O6S/c18-12-2-1-3-13(10-12)20-6-8-21(9-7-20)15(22)11-26-17(23)14-4-5-16(27-14)28(19,24)25/h1-5,10H,6-9,11H2,(H2,19,24,25). The monoisotopic (exact) mass is 427 g/mol. The topological polar surface area (TPSA) is 123 Å². The van der Waals surface area contributed by atoms with Gasteiger partial charge in [-0.1, -0.05) is 17.7 Å². The maximum Gasteiger partial charge on any atom is 0.374 e. The zero-order valence-corrected chi connectivity index (χ0v) is 16.3. The summed E-state index contributed by atoms with van der Waals surface area (Å²) in [5, 5.41) is 5.00. The molecular formula is C17H18ClN3O6S. The molecule has 150 valence electrons. The van der Waals surface area contributed by atoms with Crippen molar-refractivity contribution in [2.75, 3.05) is 37.7 Å². The number of primary sulfonamides is 1. The molecule has 1 saturated heterocycles. The molecule has 1 amide bonds. The number of halogens is 1. The molecule has 2 heterocycles. The summed E-state index contributed by atoms with van der Waals surface area (Å²) in [7, 11) is -4.06. The smallest absolute Gasteiger partial charge is 0.374 e. The molecule has 0 spiro atoms. The van der Waals surface area contributed by atoms with Crippen LogP contribution < -0.4 is 10.0 Å².